The van der Waals surface area contributed by atoms with E-state index in [-0.39, 0.29) is 5.91 Å². The molecular formula is C22H21N7OS. The van der Waals surface area contributed by atoms with Gasteiger partial charge in [-0.05, 0) is 42.9 Å². The average Bonchev–Trinajstić information content (AvgIpc) is 3.34. The van der Waals surface area contributed by atoms with Crippen LogP contribution in [0.25, 0.3) is 21.3 Å². The van der Waals surface area contributed by atoms with Crippen LogP contribution in [0.3, 0.4) is 0 Å². The highest BCUT2D eigenvalue weighted by Gasteiger charge is 2.16. The van der Waals surface area contributed by atoms with E-state index in [1.165, 1.54) is 0 Å². The van der Waals surface area contributed by atoms with Crippen molar-refractivity contribution in [3.05, 3.63) is 59.9 Å². The van der Waals surface area contributed by atoms with Crippen molar-refractivity contribution in [3.63, 3.8) is 0 Å². The summed E-state index contributed by atoms with van der Waals surface area (Å²) in [5, 5.41) is 12.1. The number of nitrogens with one attached hydrogen (secondary N) is 1. The first kappa shape index (κ1) is 19.5. The van der Waals surface area contributed by atoms with Gasteiger partial charge in [0.1, 0.15) is 5.82 Å². The van der Waals surface area contributed by atoms with Gasteiger partial charge in [0.25, 0.3) is 5.91 Å². The van der Waals surface area contributed by atoms with Crippen LogP contribution in [0.2, 0.25) is 0 Å². The third-order valence-electron chi connectivity index (χ3n) is 5.38. The van der Waals surface area contributed by atoms with Gasteiger partial charge in [0, 0.05) is 44.0 Å². The predicted molar refractivity (Wildman–Crippen MR) is 123 cm³/mol. The van der Waals surface area contributed by atoms with Crippen molar-refractivity contribution in [2.75, 3.05) is 43.4 Å². The van der Waals surface area contributed by atoms with E-state index in [9.17, 15) is 4.79 Å². The molecule has 1 aliphatic heterocycles. The fourth-order valence-corrected chi connectivity index (χ4v) is 4.17. The summed E-state index contributed by atoms with van der Waals surface area (Å²) in [6.07, 6.45) is 3.45. The van der Waals surface area contributed by atoms with E-state index in [2.05, 4.69) is 42.3 Å². The van der Waals surface area contributed by atoms with Crippen LogP contribution < -0.4 is 10.2 Å². The highest BCUT2D eigenvalue weighted by Crippen LogP contribution is 2.27. The van der Waals surface area contributed by atoms with Gasteiger partial charge in [0.15, 0.2) is 5.82 Å². The summed E-state index contributed by atoms with van der Waals surface area (Å²) < 4.78 is 0. The van der Waals surface area contributed by atoms with Crippen LogP contribution in [0, 0.1) is 0 Å². The number of hydrogen-bond acceptors (Lipinski definition) is 8. The molecule has 156 valence electrons. The summed E-state index contributed by atoms with van der Waals surface area (Å²) in [5.41, 5.74) is 4.12. The van der Waals surface area contributed by atoms with Gasteiger partial charge < -0.3 is 15.1 Å². The Bertz CT molecular complexity index is 1200. The molecule has 1 fully saturated rings. The third kappa shape index (κ3) is 4.23. The third-order valence-corrected chi connectivity index (χ3v) is 6.20. The zero-order valence-electron chi connectivity index (χ0n) is 17.0. The minimum absolute atomic E-state index is 0.260. The summed E-state index contributed by atoms with van der Waals surface area (Å²) in [5.74, 6) is 1.04. The van der Waals surface area contributed by atoms with E-state index >= 15 is 0 Å². The quantitative estimate of drug-likeness (QED) is 0.531. The largest absolute Gasteiger partial charge is 0.354 e. The molecule has 31 heavy (non-hydrogen) atoms. The molecule has 9 heteroatoms. The molecule has 1 aliphatic rings. The first-order valence-electron chi connectivity index (χ1n) is 10.0. The van der Waals surface area contributed by atoms with Crippen molar-refractivity contribution in [1.82, 2.24) is 25.1 Å². The van der Waals surface area contributed by atoms with Crippen molar-refractivity contribution < 1.29 is 4.79 Å². The van der Waals surface area contributed by atoms with Crippen molar-refractivity contribution in [2.45, 2.75) is 0 Å². The number of anilines is 2. The SMILES string of the molecule is CN1CCN(c2ccc(C(=O)Nc3cc4cc(-c5cncs5)ccc4nn3)cn2)CC1. The normalized spacial score (nSPS) is 14.7. The summed E-state index contributed by atoms with van der Waals surface area (Å²) in [4.78, 5) is 26.9. The van der Waals surface area contributed by atoms with Gasteiger partial charge in [-0.25, -0.2) is 4.98 Å². The smallest absolute Gasteiger partial charge is 0.258 e. The Hall–Kier alpha value is -3.43. The lowest BCUT2D eigenvalue weighted by Gasteiger charge is -2.33. The lowest BCUT2D eigenvalue weighted by Crippen LogP contribution is -2.44. The van der Waals surface area contributed by atoms with Crippen LogP contribution in [0.15, 0.2) is 54.3 Å². The molecule has 0 radical (unpaired) electrons. The van der Waals surface area contributed by atoms with E-state index in [4.69, 9.17) is 0 Å². The number of carbonyl (C=O) groups excluding carboxylic acids is 1. The molecule has 0 saturated carbocycles. The number of pyridine rings is 1. The van der Waals surface area contributed by atoms with Gasteiger partial charge in [0.05, 0.1) is 21.5 Å². The lowest BCUT2D eigenvalue weighted by atomic mass is 10.1. The van der Waals surface area contributed by atoms with Crippen LogP contribution in [0.4, 0.5) is 11.6 Å². The summed E-state index contributed by atoms with van der Waals surface area (Å²) >= 11 is 1.58. The molecule has 1 N–H and O–H groups in total. The zero-order valence-corrected chi connectivity index (χ0v) is 17.8. The second kappa shape index (κ2) is 8.37. The maximum Gasteiger partial charge on any atom is 0.258 e. The second-order valence-corrected chi connectivity index (χ2v) is 8.40. The number of benzene rings is 1. The number of aromatic nitrogens is 4. The molecule has 0 bridgehead atoms. The molecule has 0 aliphatic carbocycles. The molecular weight excluding hydrogens is 410 g/mol. The molecule has 0 unspecified atom stereocenters. The number of fused-ring (bicyclic) bond motifs is 1. The number of likely N-dealkylation sites (N-methyl/N-ethyl adjacent to an activating group) is 1. The number of thiazole rings is 1. The molecule has 0 spiro atoms. The van der Waals surface area contributed by atoms with Crippen LogP contribution in [-0.2, 0) is 0 Å². The summed E-state index contributed by atoms with van der Waals surface area (Å²) in [6.45, 7) is 3.89. The average molecular weight is 432 g/mol. The predicted octanol–water partition coefficient (Wildman–Crippen LogP) is 3.15. The summed E-state index contributed by atoms with van der Waals surface area (Å²) in [6, 6.07) is 11.5. The monoisotopic (exact) mass is 431 g/mol. The second-order valence-electron chi connectivity index (χ2n) is 7.52. The number of amides is 1. The Morgan fingerprint density at radius 1 is 1.03 bits per heavy atom. The number of piperazine rings is 1. The van der Waals surface area contributed by atoms with Gasteiger partial charge in [0.2, 0.25) is 0 Å². The standard InChI is InChI=1S/C22H21N7OS/c1-28-6-8-29(9-7-28)21-5-3-16(12-24-21)22(30)25-20-11-17-10-15(19-13-23-14-31-19)2-4-18(17)26-27-20/h2-5,10-14H,6-9H2,1H3,(H,25,27,30). The van der Waals surface area contributed by atoms with E-state index < -0.39 is 0 Å². The molecule has 3 aromatic heterocycles. The molecule has 1 aromatic carbocycles. The van der Waals surface area contributed by atoms with E-state index in [1.807, 2.05) is 36.5 Å². The molecule has 1 saturated heterocycles. The van der Waals surface area contributed by atoms with Gasteiger partial charge in [-0.3, -0.25) is 9.78 Å². The highest BCUT2D eigenvalue weighted by atomic mass is 32.1. The Morgan fingerprint density at radius 3 is 2.65 bits per heavy atom. The van der Waals surface area contributed by atoms with Crippen molar-refractivity contribution >= 4 is 39.8 Å². The fraction of sp³-hybridized carbons (Fsp3) is 0.227. The van der Waals surface area contributed by atoms with Crippen LogP contribution in [-0.4, -0.2) is 64.2 Å². The first-order chi connectivity index (χ1) is 15.2. The Labute approximate surface area is 183 Å². The van der Waals surface area contributed by atoms with Gasteiger partial charge in [-0.1, -0.05) is 6.07 Å². The number of carbonyl (C=O) groups is 1. The topological polar surface area (TPSA) is 87.1 Å². The number of nitrogens with zero attached hydrogens (tertiary/aromatic N) is 6. The maximum atomic E-state index is 12.7. The molecule has 1 amide bonds. The Morgan fingerprint density at radius 2 is 1.90 bits per heavy atom. The van der Waals surface area contributed by atoms with Crippen LogP contribution in [0.5, 0.6) is 0 Å². The Kier molecular flexibility index (Phi) is 5.27. The molecule has 5 rings (SSSR count). The van der Waals surface area contributed by atoms with Crippen LogP contribution in [0.1, 0.15) is 10.4 Å². The van der Waals surface area contributed by atoms with Crippen molar-refractivity contribution in [3.8, 4) is 10.4 Å². The van der Waals surface area contributed by atoms with Gasteiger partial charge in [-0.15, -0.1) is 21.5 Å². The maximum absolute atomic E-state index is 12.7. The van der Waals surface area contributed by atoms with Crippen molar-refractivity contribution in [1.29, 1.82) is 0 Å². The van der Waals surface area contributed by atoms with Gasteiger partial charge >= 0.3 is 0 Å². The van der Waals surface area contributed by atoms with Crippen LogP contribution >= 0.6 is 11.3 Å². The number of rotatable bonds is 4. The highest BCUT2D eigenvalue weighted by molar-refractivity contribution is 7.13. The summed E-state index contributed by atoms with van der Waals surface area (Å²) in [7, 11) is 2.12. The minimum atomic E-state index is -0.260. The molecule has 4 heterocycles. The number of hydrogen-bond donors (Lipinski definition) is 1. The molecule has 0 atom stereocenters. The van der Waals surface area contributed by atoms with E-state index in [1.54, 1.807) is 29.1 Å². The van der Waals surface area contributed by atoms with E-state index in [0.717, 1.165) is 53.3 Å². The molecule has 8 nitrogen and oxygen atoms in total. The Balaban J connectivity index is 1.31. The van der Waals surface area contributed by atoms with Crippen molar-refractivity contribution in [2.24, 2.45) is 0 Å². The fourth-order valence-electron chi connectivity index (χ4n) is 3.55. The minimum Gasteiger partial charge on any atom is -0.354 e. The zero-order chi connectivity index (χ0) is 21.2. The first-order valence-corrected chi connectivity index (χ1v) is 10.9. The van der Waals surface area contributed by atoms with E-state index in [0.29, 0.717) is 11.4 Å². The van der Waals surface area contributed by atoms with Gasteiger partial charge in [-0.2, -0.15) is 0 Å². The lowest BCUT2D eigenvalue weighted by molar-refractivity contribution is 0.102. The molecule has 4 aromatic rings.